The van der Waals surface area contributed by atoms with Crippen LogP contribution in [-0.4, -0.2) is 7.11 Å². The number of benzene rings is 1. The van der Waals surface area contributed by atoms with Gasteiger partial charge in [-0.25, -0.2) is 0 Å². The van der Waals surface area contributed by atoms with E-state index in [2.05, 4.69) is 22.9 Å². The van der Waals surface area contributed by atoms with Crippen molar-refractivity contribution in [2.24, 2.45) is 5.73 Å². The first-order valence-electron chi connectivity index (χ1n) is 4.28. The van der Waals surface area contributed by atoms with E-state index in [1.807, 2.05) is 18.2 Å². The number of methoxy groups -OCH3 is 1. The van der Waals surface area contributed by atoms with Crippen molar-refractivity contribution >= 4 is 15.9 Å². The van der Waals surface area contributed by atoms with E-state index >= 15 is 0 Å². The van der Waals surface area contributed by atoms with Crippen molar-refractivity contribution < 1.29 is 4.74 Å². The van der Waals surface area contributed by atoms with Crippen molar-refractivity contribution in [2.75, 3.05) is 7.11 Å². The largest absolute Gasteiger partial charge is 0.497 e. The summed E-state index contributed by atoms with van der Waals surface area (Å²) in [5.41, 5.74) is 7.03. The Labute approximate surface area is 87.2 Å². The lowest BCUT2D eigenvalue weighted by Crippen LogP contribution is -2.09. The summed E-state index contributed by atoms with van der Waals surface area (Å²) in [6.45, 7) is 2.07. The lowest BCUT2D eigenvalue weighted by molar-refractivity contribution is 0.413. The lowest BCUT2D eigenvalue weighted by atomic mass is 10.1. The van der Waals surface area contributed by atoms with Crippen LogP contribution in [0.1, 0.15) is 24.9 Å². The molecule has 0 aliphatic carbocycles. The summed E-state index contributed by atoms with van der Waals surface area (Å²) in [6, 6.07) is 5.92. The summed E-state index contributed by atoms with van der Waals surface area (Å²) in [5.74, 6) is 0.849. The highest BCUT2D eigenvalue weighted by atomic mass is 79.9. The topological polar surface area (TPSA) is 35.2 Å². The molecule has 0 fully saturated rings. The van der Waals surface area contributed by atoms with Gasteiger partial charge in [0.25, 0.3) is 0 Å². The molecule has 0 aromatic heterocycles. The third-order valence-corrected chi connectivity index (χ3v) is 2.76. The molecule has 0 radical (unpaired) electrons. The summed E-state index contributed by atoms with van der Waals surface area (Å²) in [5, 5.41) is 0. The molecule has 0 spiro atoms. The van der Waals surface area contributed by atoms with E-state index in [-0.39, 0.29) is 6.04 Å². The lowest BCUT2D eigenvalue weighted by Gasteiger charge is -2.12. The van der Waals surface area contributed by atoms with Gasteiger partial charge in [0.05, 0.1) is 7.11 Å². The molecule has 2 nitrogen and oxygen atoms in total. The fourth-order valence-electron chi connectivity index (χ4n) is 1.15. The molecule has 0 heterocycles. The van der Waals surface area contributed by atoms with Crippen LogP contribution in [0.25, 0.3) is 0 Å². The molecule has 1 aromatic rings. The number of hydrogen-bond acceptors (Lipinski definition) is 2. The van der Waals surface area contributed by atoms with E-state index in [0.29, 0.717) is 0 Å². The predicted molar refractivity (Wildman–Crippen MR) is 57.9 cm³/mol. The molecule has 0 amide bonds. The van der Waals surface area contributed by atoms with E-state index in [0.717, 1.165) is 22.2 Å². The Hall–Kier alpha value is -0.540. The Bertz CT molecular complexity index is 288. The van der Waals surface area contributed by atoms with Crippen molar-refractivity contribution in [1.82, 2.24) is 0 Å². The molecule has 3 heteroatoms. The van der Waals surface area contributed by atoms with Crippen LogP contribution in [0.15, 0.2) is 22.7 Å². The second-order valence-electron chi connectivity index (χ2n) is 2.90. The molecule has 1 rings (SSSR count). The summed E-state index contributed by atoms with van der Waals surface area (Å²) >= 11 is 3.47. The zero-order chi connectivity index (χ0) is 9.84. The Morgan fingerprint density at radius 3 is 2.77 bits per heavy atom. The number of halogens is 1. The summed E-state index contributed by atoms with van der Waals surface area (Å²) < 4.78 is 6.17. The minimum absolute atomic E-state index is 0.0736. The summed E-state index contributed by atoms with van der Waals surface area (Å²) in [4.78, 5) is 0. The van der Waals surface area contributed by atoms with Crippen LogP contribution in [0.2, 0.25) is 0 Å². The Morgan fingerprint density at radius 1 is 1.54 bits per heavy atom. The molecule has 0 saturated heterocycles. The van der Waals surface area contributed by atoms with E-state index in [1.165, 1.54) is 0 Å². The Kier molecular flexibility index (Phi) is 3.75. The average molecular weight is 244 g/mol. The zero-order valence-electron chi connectivity index (χ0n) is 7.88. The van der Waals surface area contributed by atoms with Crippen LogP contribution < -0.4 is 10.5 Å². The van der Waals surface area contributed by atoms with Gasteiger partial charge in [-0.15, -0.1) is 0 Å². The molecular formula is C10H14BrNO. The van der Waals surface area contributed by atoms with Gasteiger partial charge in [0.1, 0.15) is 5.75 Å². The van der Waals surface area contributed by atoms with Crippen LogP contribution >= 0.6 is 15.9 Å². The third kappa shape index (κ3) is 2.45. The average Bonchev–Trinajstić information content (AvgIpc) is 2.17. The minimum atomic E-state index is 0.0736. The first-order valence-corrected chi connectivity index (χ1v) is 5.07. The second kappa shape index (κ2) is 4.63. The maximum Gasteiger partial charge on any atom is 0.119 e. The highest BCUT2D eigenvalue weighted by Gasteiger charge is 2.08. The standard InChI is InChI=1S/C10H14BrNO/c1-3-10(12)8-6-7(13-2)4-5-9(8)11/h4-6,10H,3,12H2,1-2H3/t10-/m0/s1. The normalized spacial score (nSPS) is 12.6. The van der Waals surface area contributed by atoms with Crippen molar-refractivity contribution in [3.63, 3.8) is 0 Å². The van der Waals surface area contributed by atoms with Gasteiger partial charge in [0.15, 0.2) is 0 Å². The van der Waals surface area contributed by atoms with Gasteiger partial charge >= 0.3 is 0 Å². The number of rotatable bonds is 3. The Balaban J connectivity index is 3.03. The third-order valence-electron chi connectivity index (χ3n) is 2.04. The van der Waals surface area contributed by atoms with Crippen LogP contribution in [0.5, 0.6) is 5.75 Å². The number of hydrogen-bond donors (Lipinski definition) is 1. The highest BCUT2D eigenvalue weighted by molar-refractivity contribution is 9.10. The van der Waals surface area contributed by atoms with E-state index in [1.54, 1.807) is 7.11 Å². The highest BCUT2D eigenvalue weighted by Crippen LogP contribution is 2.27. The zero-order valence-corrected chi connectivity index (χ0v) is 9.47. The molecule has 72 valence electrons. The molecule has 1 atom stereocenters. The van der Waals surface area contributed by atoms with Crippen LogP contribution in [0.4, 0.5) is 0 Å². The molecule has 2 N–H and O–H groups in total. The van der Waals surface area contributed by atoms with Gasteiger partial charge < -0.3 is 10.5 Å². The summed E-state index contributed by atoms with van der Waals surface area (Å²) in [6.07, 6.45) is 0.922. The SMILES string of the molecule is CC[C@H](N)c1cc(OC)ccc1Br. The molecule has 1 aromatic carbocycles. The predicted octanol–water partition coefficient (Wildman–Crippen LogP) is 2.87. The number of nitrogens with two attached hydrogens (primary N) is 1. The van der Waals surface area contributed by atoms with Crippen molar-refractivity contribution in [3.05, 3.63) is 28.2 Å². The van der Waals surface area contributed by atoms with Crippen LogP contribution in [-0.2, 0) is 0 Å². The van der Waals surface area contributed by atoms with Gasteiger partial charge in [-0.2, -0.15) is 0 Å². The molecule has 0 saturated carbocycles. The molecule has 0 aliphatic rings. The molecule has 0 aliphatic heterocycles. The van der Waals surface area contributed by atoms with Gasteiger partial charge in [0, 0.05) is 10.5 Å². The van der Waals surface area contributed by atoms with Crippen LogP contribution in [0.3, 0.4) is 0 Å². The van der Waals surface area contributed by atoms with E-state index < -0.39 is 0 Å². The smallest absolute Gasteiger partial charge is 0.119 e. The summed E-state index contributed by atoms with van der Waals surface area (Å²) in [7, 11) is 1.66. The quantitative estimate of drug-likeness (QED) is 0.887. The fraction of sp³-hybridized carbons (Fsp3) is 0.400. The minimum Gasteiger partial charge on any atom is -0.497 e. The van der Waals surface area contributed by atoms with E-state index in [9.17, 15) is 0 Å². The first kappa shape index (κ1) is 10.5. The fourth-order valence-corrected chi connectivity index (χ4v) is 1.69. The van der Waals surface area contributed by atoms with Gasteiger partial charge in [-0.05, 0) is 30.2 Å². The van der Waals surface area contributed by atoms with Crippen molar-refractivity contribution in [3.8, 4) is 5.75 Å². The maximum atomic E-state index is 5.93. The van der Waals surface area contributed by atoms with E-state index in [4.69, 9.17) is 10.5 Å². The number of ether oxygens (including phenoxy) is 1. The van der Waals surface area contributed by atoms with Gasteiger partial charge in [-0.1, -0.05) is 22.9 Å². The molecule has 0 bridgehead atoms. The van der Waals surface area contributed by atoms with Crippen molar-refractivity contribution in [1.29, 1.82) is 0 Å². The second-order valence-corrected chi connectivity index (χ2v) is 3.76. The van der Waals surface area contributed by atoms with Crippen LogP contribution in [0, 0.1) is 0 Å². The first-order chi connectivity index (χ1) is 6.19. The van der Waals surface area contributed by atoms with Gasteiger partial charge in [0.2, 0.25) is 0 Å². The van der Waals surface area contributed by atoms with Crippen molar-refractivity contribution in [2.45, 2.75) is 19.4 Å². The monoisotopic (exact) mass is 243 g/mol. The Morgan fingerprint density at radius 2 is 2.23 bits per heavy atom. The van der Waals surface area contributed by atoms with Gasteiger partial charge in [-0.3, -0.25) is 0 Å². The maximum absolute atomic E-state index is 5.93. The molecule has 13 heavy (non-hydrogen) atoms. The molecular weight excluding hydrogens is 230 g/mol. The molecule has 0 unspecified atom stereocenters.